The van der Waals surface area contributed by atoms with Crippen LogP contribution in [-0.4, -0.2) is 19.0 Å². The number of rotatable bonds is 7. The SMILES string of the molecule is CCCCCCC1(CC(C)C)OCCO1. The monoisotopic (exact) mass is 214 g/mol. The van der Waals surface area contributed by atoms with E-state index >= 15 is 0 Å². The van der Waals surface area contributed by atoms with Crippen LogP contribution in [0, 0.1) is 5.92 Å². The summed E-state index contributed by atoms with van der Waals surface area (Å²) >= 11 is 0. The van der Waals surface area contributed by atoms with Crippen molar-refractivity contribution in [3.05, 3.63) is 0 Å². The molecular weight excluding hydrogens is 188 g/mol. The lowest BCUT2D eigenvalue weighted by Crippen LogP contribution is -2.31. The third-order valence-electron chi connectivity index (χ3n) is 2.94. The molecular formula is C13H26O2. The Kier molecular flexibility index (Phi) is 5.62. The van der Waals surface area contributed by atoms with E-state index in [0.29, 0.717) is 5.92 Å². The molecule has 0 aromatic carbocycles. The average molecular weight is 214 g/mol. The highest BCUT2D eigenvalue weighted by Crippen LogP contribution is 2.32. The summed E-state index contributed by atoms with van der Waals surface area (Å²) in [6, 6.07) is 0. The molecule has 0 aromatic rings. The molecule has 0 radical (unpaired) electrons. The van der Waals surface area contributed by atoms with E-state index in [1.54, 1.807) is 0 Å². The van der Waals surface area contributed by atoms with Crippen molar-refractivity contribution >= 4 is 0 Å². The molecule has 15 heavy (non-hydrogen) atoms. The molecule has 0 N–H and O–H groups in total. The van der Waals surface area contributed by atoms with Gasteiger partial charge in [-0.05, 0) is 12.3 Å². The molecule has 0 spiro atoms. The average Bonchev–Trinajstić information content (AvgIpc) is 2.61. The Labute approximate surface area is 94.3 Å². The highest BCUT2D eigenvalue weighted by Gasteiger charge is 2.36. The standard InChI is InChI=1S/C13H26O2/c1-4-5-6-7-8-13(11-12(2)3)14-9-10-15-13/h12H,4-11H2,1-3H3. The maximum absolute atomic E-state index is 5.81. The van der Waals surface area contributed by atoms with Crippen LogP contribution in [0.1, 0.15) is 59.3 Å². The molecule has 0 unspecified atom stereocenters. The Bertz CT molecular complexity index is 160. The fourth-order valence-corrected chi connectivity index (χ4v) is 2.30. The minimum atomic E-state index is -0.234. The first-order valence-corrected chi connectivity index (χ1v) is 6.46. The lowest BCUT2D eigenvalue weighted by Gasteiger charge is -2.29. The summed E-state index contributed by atoms with van der Waals surface area (Å²) in [4.78, 5) is 0. The zero-order valence-corrected chi connectivity index (χ0v) is 10.6. The van der Waals surface area contributed by atoms with Gasteiger partial charge in [-0.15, -0.1) is 0 Å². The Morgan fingerprint density at radius 2 is 1.73 bits per heavy atom. The maximum atomic E-state index is 5.81. The Morgan fingerprint density at radius 1 is 1.07 bits per heavy atom. The van der Waals surface area contributed by atoms with E-state index in [9.17, 15) is 0 Å². The molecule has 1 heterocycles. The van der Waals surface area contributed by atoms with Crippen molar-refractivity contribution in [3.63, 3.8) is 0 Å². The molecule has 1 fully saturated rings. The van der Waals surface area contributed by atoms with Crippen LogP contribution in [0.3, 0.4) is 0 Å². The second kappa shape index (κ2) is 6.49. The second-order valence-corrected chi connectivity index (χ2v) is 5.02. The van der Waals surface area contributed by atoms with Crippen molar-refractivity contribution < 1.29 is 9.47 Å². The molecule has 1 saturated heterocycles. The van der Waals surface area contributed by atoms with Crippen LogP contribution in [0.5, 0.6) is 0 Å². The molecule has 1 aliphatic rings. The van der Waals surface area contributed by atoms with Gasteiger partial charge in [0.05, 0.1) is 13.2 Å². The van der Waals surface area contributed by atoms with E-state index in [0.717, 1.165) is 26.1 Å². The summed E-state index contributed by atoms with van der Waals surface area (Å²) in [5.41, 5.74) is 0. The molecule has 0 aliphatic carbocycles. The Balaban J connectivity index is 2.29. The number of hydrogen-bond acceptors (Lipinski definition) is 2. The summed E-state index contributed by atoms with van der Waals surface area (Å²) in [5, 5.41) is 0. The van der Waals surface area contributed by atoms with Crippen LogP contribution >= 0.6 is 0 Å². The van der Waals surface area contributed by atoms with Gasteiger partial charge in [-0.3, -0.25) is 0 Å². The number of hydrogen-bond donors (Lipinski definition) is 0. The summed E-state index contributed by atoms with van der Waals surface area (Å²) < 4.78 is 11.6. The van der Waals surface area contributed by atoms with Gasteiger partial charge in [-0.2, -0.15) is 0 Å². The minimum absolute atomic E-state index is 0.234. The van der Waals surface area contributed by atoms with E-state index in [1.807, 2.05) is 0 Å². The second-order valence-electron chi connectivity index (χ2n) is 5.02. The molecule has 0 atom stereocenters. The molecule has 2 nitrogen and oxygen atoms in total. The highest BCUT2D eigenvalue weighted by molar-refractivity contribution is 4.75. The molecule has 0 saturated carbocycles. The summed E-state index contributed by atoms with van der Waals surface area (Å²) in [6.45, 7) is 8.27. The first-order valence-electron chi connectivity index (χ1n) is 6.46. The highest BCUT2D eigenvalue weighted by atomic mass is 16.7. The van der Waals surface area contributed by atoms with Crippen LogP contribution in [0.4, 0.5) is 0 Å². The van der Waals surface area contributed by atoms with E-state index < -0.39 is 0 Å². The zero-order chi connectivity index (χ0) is 11.1. The normalized spacial score (nSPS) is 20.0. The first-order chi connectivity index (χ1) is 7.18. The number of unbranched alkanes of at least 4 members (excludes halogenated alkanes) is 3. The third-order valence-corrected chi connectivity index (χ3v) is 2.94. The lowest BCUT2D eigenvalue weighted by molar-refractivity contribution is -0.173. The lowest BCUT2D eigenvalue weighted by atomic mass is 9.97. The molecule has 0 aromatic heterocycles. The maximum Gasteiger partial charge on any atom is 0.168 e. The molecule has 1 aliphatic heterocycles. The van der Waals surface area contributed by atoms with Gasteiger partial charge in [0.25, 0.3) is 0 Å². The summed E-state index contributed by atoms with van der Waals surface area (Å²) in [6.07, 6.45) is 7.28. The fourth-order valence-electron chi connectivity index (χ4n) is 2.30. The van der Waals surface area contributed by atoms with Gasteiger partial charge in [0.15, 0.2) is 5.79 Å². The Hall–Kier alpha value is -0.0800. The quantitative estimate of drug-likeness (QED) is 0.601. The minimum Gasteiger partial charge on any atom is -0.348 e. The largest absolute Gasteiger partial charge is 0.348 e. The van der Waals surface area contributed by atoms with Crippen LogP contribution < -0.4 is 0 Å². The predicted octanol–water partition coefficient (Wildman–Crippen LogP) is 3.75. The van der Waals surface area contributed by atoms with Crippen molar-refractivity contribution in [1.29, 1.82) is 0 Å². The van der Waals surface area contributed by atoms with Crippen LogP contribution in [-0.2, 0) is 9.47 Å². The van der Waals surface area contributed by atoms with E-state index in [1.165, 1.54) is 25.7 Å². The van der Waals surface area contributed by atoms with Crippen molar-refractivity contribution in [1.82, 2.24) is 0 Å². The Morgan fingerprint density at radius 3 is 2.27 bits per heavy atom. The van der Waals surface area contributed by atoms with Gasteiger partial charge in [-0.25, -0.2) is 0 Å². The molecule has 0 bridgehead atoms. The van der Waals surface area contributed by atoms with Gasteiger partial charge in [-0.1, -0.05) is 40.0 Å². The van der Waals surface area contributed by atoms with Gasteiger partial charge in [0, 0.05) is 12.8 Å². The molecule has 90 valence electrons. The van der Waals surface area contributed by atoms with Crippen LogP contribution in [0.2, 0.25) is 0 Å². The smallest absolute Gasteiger partial charge is 0.168 e. The third kappa shape index (κ3) is 4.52. The van der Waals surface area contributed by atoms with Crippen molar-refractivity contribution in [2.45, 2.75) is 65.1 Å². The van der Waals surface area contributed by atoms with Gasteiger partial charge in [0.1, 0.15) is 0 Å². The molecule has 2 heteroatoms. The summed E-state index contributed by atoms with van der Waals surface area (Å²) in [7, 11) is 0. The van der Waals surface area contributed by atoms with E-state index in [4.69, 9.17) is 9.47 Å². The van der Waals surface area contributed by atoms with Crippen LogP contribution in [0.25, 0.3) is 0 Å². The topological polar surface area (TPSA) is 18.5 Å². The van der Waals surface area contributed by atoms with Crippen LogP contribution in [0.15, 0.2) is 0 Å². The molecule has 0 amide bonds. The van der Waals surface area contributed by atoms with E-state index in [-0.39, 0.29) is 5.79 Å². The van der Waals surface area contributed by atoms with Gasteiger partial charge < -0.3 is 9.47 Å². The van der Waals surface area contributed by atoms with E-state index in [2.05, 4.69) is 20.8 Å². The van der Waals surface area contributed by atoms with Crippen molar-refractivity contribution in [2.24, 2.45) is 5.92 Å². The number of ether oxygens (including phenoxy) is 2. The van der Waals surface area contributed by atoms with Gasteiger partial charge >= 0.3 is 0 Å². The molecule has 1 rings (SSSR count). The predicted molar refractivity (Wildman–Crippen MR) is 62.8 cm³/mol. The van der Waals surface area contributed by atoms with Crippen molar-refractivity contribution in [3.8, 4) is 0 Å². The van der Waals surface area contributed by atoms with Crippen molar-refractivity contribution in [2.75, 3.05) is 13.2 Å². The summed E-state index contributed by atoms with van der Waals surface area (Å²) in [5.74, 6) is 0.413. The zero-order valence-electron chi connectivity index (χ0n) is 10.6. The fraction of sp³-hybridized carbons (Fsp3) is 1.00. The van der Waals surface area contributed by atoms with Gasteiger partial charge in [0.2, 0.25) is 0 Å². The first kappa shape index (κ1) is 13.0.